The van der Waals surface area contributed by atoms with Crippen LogP contribution in [-0.4, -0.2) is 19.8 Å². The third-order valence-corrected chi connectivity index (χ3v) is 3.60. The van der Waals surface area contributed by atoms with Crippen LogP contribution in [0.3, 0.4) is 0 Å². The Morgan fingerprint density at radius 3 is 2.73 bits per heavy atom. The van der Waals surface area contributed by atoms with Gasteiger partial charge in [0.1, 0.15) is 0 Å². The summed E-state index contributed by atoms with van der Waals surface area (Å²) in [6.07, 6.45) is 5.59. The fourth-order valence-electron chi connectivity index (χ4n) is 0.672. The van der Waals surface area contributed by atoms with E-state index in [9.17, 15) is 0 Å². The topological polar surface area (TPSA) is 0 Å². The lowest BCUT2D eigenvalue weighted by atomic mass is 10.4. The van der Waals surface area contributed by atoms with Crippen molar-refractivity contribution in [1.82, 2.24) is 0 Å². The number of rotatable bonds is 4. The van der Waals surface area contributed by atoms with Gasteiger partial charge in [-0.3, -0.25) is 0 Å². The highest BCUT2D eigenvalue weighted by molar-refractivity contribution is 6.50. The van der Waals surface area contributed by atoms with E-state index in [0.717, 1.165) is 16.7 Å². The van der Waals surface area contributed by atoms with E-state index < -0.39 is 0 Å². The first kappa shape index (κ1) is 10.7. The zero-order valence-corrected chi connectivity index (χ0v) is 11.3. The number of hydrogen-bond acceptors (Lipinski definition) is 0. The van der Waals surface area contributed by atoms with Gasteiger partial charge in [0.05, 0.1) is 9.52 Å². The summed E-state index contributed by atoms with van der Waals surface area (Å²) in [5, 5.41) is 2.95. The van der Waals surface area contributed by atoms with Crippen molar-refractivity contribution in [3.05, 3.63) is 34.8 Å². The molecule has 0 bridgehead atoms. The molecule has 0 aromatic rings. The van der Waals surface area contributed by atoms with Crippen LogP contribution in [0.5, 0.6) is 0 Å². The minimum Gasteiger partial charge on any atom is -0.104 e. The summed E-state index contributed by atoms with van der Waals surface area (Å²) >= 11 is 0. The molecule has 0 fully saturated rings. The van der Waals surface area contributed by atoms with Gasteiger partial charge in [0.25, 0.3) is 0 Å². The van der Waals surface area contributed by atoms with Gasteiger partial charge in [0.15, 0.2) is 0 Å². The summed E-state index contributed by atoms with van der Waals surface area (Å²) in [6.45, 7) is 8.23. The summed E-state index contributed by atoms with van der Waals surface area (Å²) in [7, 11) is 1.09. The lowest BCUT2D eigenvalue weighted by Gasteiger charge is -1.91. The summed E-state index contributed by atoms with van der Waals surface area (Å²) in [6, 6.07) is 0. The van der Waals surface area contributed by atoms with Crippen LogP contribution in [0.25, 0.3) is 0 Å². The molecule has 2 heteroatoms. The fraction of sp³-hybridized carbons (Fsp3) is 0.333. The fourth-order valence-corrected chi connectivity index (χ4v) is 1.85. The lowest BCUT2D eigenvalue weighted by Crippen LogP contribution is -1.86. The van der Waals surface area contributed by atoms with Crippen LogP contribution in [-0.2, 0) is 0 Å². The molecule has 0 aliphatic heterocycles. The third-order valence-electron chi connectivity index (χ3n) is 1.57. The summed E-state index contributed by atoms with van der Waals surface area (Å²) in [4.78, 5) is 0. The minimum atomic E-state index is -0.0524. The Morgan fingerprint density at radius 1 is 1.64 bits per heavy atom. The van der Waals surface area contributed by atoms with Crippen LogP contribution in [0.15, 0.2) is 34.8 Å². The highest BCUT2D eigenvalue weighted by Crippen LogP contribution is 1.94. The van der Waals surface area contributed by atoms with Crippen molar-refractivity contribution in [3.63, 3.8) is 0 Å². The van der Waals surface area contributed by atoms with Crippen molar-refractivity contribution >= 4 is 19.8 Å². The highest BCUT2D eigenvalue weighted by Gasteiger charge is 1.83. The molecule has 0 aliphatic carbocycles. The smallest absolute Gasteiger partial charge is 0.0720 e. The van der Waals surface area contributed by atoms with E-state index in [0.29, 0.717) is 0 Å². The molecule has 0 nitrogen and oxygen atoms in total. The zero-order chi connectivity index (χ0) is 8.69. The van der Waals surface area contributed by atoms with Crippen LogP contribution >= 0.6 is 0 Å². The zero-order valence-electron chi connectivity index (χ0n) is 7.85. The van der Waals surface area contributed by atoms with Gasteiger partial charge in [-0.25, -0.2) is 0 Å². The Balaban J connectivity index is 3.53. The first-order valence-corrected chi connectivity index (χ1v) is 6.60. The second-order valence-electron chi connectivity index (χ2n) is 2.97. The van der Waals surface area contributed by atoms with E-state index in [1.54, 1.807) is 5.20 Å². The molecule has 62 valence electrons. The summed E-state index contributed by atoms with van der Waals surface area (Å²) in [5.41, 5.74) is 2.36. The first-order chi connectivity index (χ1) is 5.16. The molecule has 0 aliphatic rings. The van der Waals surface area contributed by atoms with Crippen LogP contribution < -0.4 is 0 Å². The van der Waals surface area contributed by atoms with Gasteiger partial charge in [0, 0.05) is 10.2 Å². The maximum Gasteiger partial charge on any atom is 0.0720 e. The van der Waals surface area contributed by atoms with Gasteiger partial charge in [-0.05, 0) is 20.3 Å². The molecule has 0 heterocycles. The molecular formula is C9H18Si2. The van der Waals surface area contributed by atoms with E-state index in [4.69, 9.17) is 0 Å². The van der Waals surface area contributed by atoms with Crippen molar-refractivity contribution < 1.29 is 0 Å². The van der Waals surface area contributed by atoms with Crippen molar-refractivity contribution in [1.29, 1.82) is 0 Å². The highest BCUT2D eigenvalue weighted by atomic mass is 28.2. The molecule has 0 spiro atoms. The Hall–Kier alpha value is -0.346. The number of allylic oxidation sites excluding steroid dienone is 4. The molecule has 0 unspecified atom stereocenters. The van der Waals surface area contributed by atoms with E-state index in [2.05, 4.69) is 38.3 Å². The molecular weight excluding hydrogens is 164 g/mol. The van der Waals surface area contributed by atoms with Crippen LogP contribution in [0.2, 0.25) is 0 Å². The maximum absolute atomic E-state index is 3.90. The Bertz CT molecular complexity index is 178. The molecule has 0 N–H and O–H groups in total. The Morgan fingerprint density at radius 2 is 2.27 bits per heavy atom. The molecule has 0 aromatic carbocycles. The van der Waals surface area contributed by atoms with Gasteiger partial charge < -0.3 is 0 Å². The molecule has 0 atom stereocenters. The van der Waals surface area contributed by atoms with Gasteiger partial charge in [-0.2, -0.15) is 0 Å². The summed E-state index contributed by atoms with van der Waals surface area (Å²) < 4.78 is 0. The monoisotopic (exact) mass is 182 g/mol. The normalized spacial score (nSPS) is 13.8. The summed E-state index contributed by atoms with van der Waals surface area (Å²) in [5.74, 6) is 0. The lowest BCUT2D eigenvalue weighted by molar-refractivity contribution is 1.37. The molecule has 0 rings (SSSR count). The Labute approximate surface area is 75.3 Å². The molecule has 0 radical (unpaired) electrons. The van der Waals surface area contributed by atoms with Gasteiger partial charge in [-0.1, -0.05) is 22.5 Å². The predicted octanol–water partition coefficient (Wildman–Crippen LogP) is 0.862. The minimum absolute atomic E-state index is 0.0524. The quantitative estimate of drug-likeness (QED) is 0.566. The Kier molecular flexibility index (Phi) is 6.17. The standard InChI is InChI=1S/C9H18Si2/c1-4-9(3)11-7-5-6-8(2)10/h4-5,7H,2,6,11H2,1,3,10H3. The largest absolute Gasteiger partial charge is 0.104 e. The van der Waals surface area contributed by atoms with Crippen molar-refractivity contribution in [2.75, 3.05) is 0 Å². The van der Waals surface area contributed by atoms with Gasteiger partial charge in [-0.15, -0.1) is 12.3 Å². The maximum atomic E-state index is 3.90. The van der Waals surface area contributed by atoms with Gasteiger partial charge in [0.2, 0.25) is 0 Å². The molecule has 11 heavy (non-hydrogen) atoms. The predicted molar refractivity (Wildman–Crippen MR) is 60.8 cm³/mol. The molecule has 0 saturated heterocycles. The second-order valence-corrected chi connectivity index (χ2v) is 6.38. The number of hydrogen-bond donors (Lipinski definition) is 0. The average Bonchev–Trinajstić information content (AvgIpc) is 1.97. The molecule has 0 amide bonds. The average molecular weight is 182 g/mol. The van der Waals surface area contributed by atoms with Crippen molar-refractivity contribution in [2.45, 2.75) is 20.3 Å². The molecule has 0 saturated carbocycles. The van der Waals surface area contributed by atoms with Crippen molar-refractivity contribution in [2.24, 2.45) is 0 Å². The van der Waals surface area contributed by atoms with Crippen LogP contribution in [0, 0.1) is 0 Å². The van der Waals surface area contributed by atoms with Crippen molar-refractivity contribution in [3.8, 4) is 0 Å². The van der Waals surface area contributed by atoms with Crippen LogP contribution in [0.4, 0.5) is 0 Å². The first-order valence-electron chi connectivity index (χ1n) is 4.08. The van der Waals surface area contributed by atoms with E-state index >= 15 is 0 Å². The van der Waals surface area contributed by atoms with E-state index in [-0.39, 0.29) is 9.52 Å². The second kappa shape index (κ2) is 6.37. The van der Waals surface area contributed by atoms with Crippen LogP contribution in [0.1, 0.15) is 20.3 Å². The third kappa shape index (κ3) is 7.55. The SMILES string of the molecule is C=C([SiH3])CC=C[SiH2]C(C)=CC. The van der Waals surface area contributed by atoms with E-state index in [1.165, 1.54) is 5.20 Å². The molecule has 0 aromatic heterocycles. The van der Waals surface area contributed by atoms with Gasteiger partial charge >= 0.3 is 0 Å². The van der Waals surface area contributed by atoms with E-state index in [1.807, 2.05) is 0 Å².